The van der Waals surface area contributed by atoms with Crippen LogP contribution in [0.4, 0.5) is 4.39 Å². The van der Waals surface area contributed by atoms with Gasteiger partial charge in [0.2, 0.25) is 0 Å². The van der Waals surface area contributed by atoms with E-state index in [-0.39, 0.29) is 5.71 Å². The van der Waals surface area contributed by atoms with Crippen LogP contribution in [0.2, 0.25) is 0 Å². The molecule has 0 saturated heterocycles. The Morgan fingerprint density at radius 1 is 1.11 bits per heavy atom. The van der Waals surface area contributed by atoms with Gasteiger partial charge in [0.15, 0.2) is 0 Å². The monoisotopic (exact) mass is 503 g/mol. The van der Waals surface area contributed by atoms with Crippen molar-refractivity contribution in [3.63, 3.8) is 0 Å². The smallest absolute Gasteiger partial charge is 0.145 e. The third-order valence-electron chi connectivity index (χ3n) is 6.06. The van der Waals surface area contributed by atoms with Crippen LogP contribution in [0.15, 0.2) is 92.7 Å². The fourth-order valence-electron chi connectivity index (χ4n) is 3.57. The second-order valence-corrected chi connectivity index (χ2v) is 9.52. The lowest BCUT2D eigenvalue weighted by molar-refractivity contribution is 0.298. The Kier molecular flexibility index (Phi) is 14.9. The molecule has 0 amide bonds. The highest BCUT2D eigenvalue weighted by atomic mass is 19.1. The summed E-state index contributed by atoms with van der Waals surface area (Å²) in [7, 11) is 0. The van der Waals surface area contributed by atoms with E-state index in [9.17, 15) is 0 Å². The van der Waals surface area contributed by atoms with E-state index in [1.54, 1.807) is 13.8 Å². The van der Waals surface area contributed by atoms with E-state index in [2.05, 4.69) is 61.7 Å². The molecule has 1 aliphatic rings. The number of hydrogen-bond donors (Lipinski definition) is 0. The Balaban J connectivity index is 3.30. The third-order valence-corrected chi connectivity index (χ3v) is 6.06. The van der Waals surface area contributed by atoms with Gasteiger partial charge in [0.05, 0.1) is 11.4 Å². The van der Waals surface area contributed by atoms with Crippen molar-refractivity contribution in [1.29, 1.82) is 0 Å². The molecule has 0 unspecified atom stereocenters. The zero-order valence-corrected chi connectivity index (χ0v) is 24.2. The average molecular weight is 504 g/mol. The van der Waals surface area contributed by atoms with Gasteiger partial charge >= 0.3 is 0 Å². The van der Waals surface area contributed by atoms with Gasteiger partial charge in [-0.2, -0.15) is 0 Å². The SMILES string of the molecule is C#C\C=C(C)/N=C(C)\C(F)=C/C(=C\C)C(=C/C=C1CC1)/N=C(C)\C=C/C(=C\C)N(CCC)C[C@@H](C)CC. The molecule has 1 atom stereocenters. The first-order valence-electron chi connectivity index (χ1n) is 13.5. The summed E-state index contributed by atoms with van der Waals surface area (Å²) in [6.45, 7) is 18.1. The molecule has 0 heterocycles. The second-order valence-electron chi connectivity index (χ2n) is 9.52. The van der Waals surface area contributed by atoms with Crippen molar-refractivity contribution in [2.45, 2.75) is 81.1 Å². The predicted octanol–water partition coefficient (Wildman–Crippen LogP) is 9.07. The number of aliphatic imine (C=N–C) groups is 2. The van der Waals surface area contributed by atoms with Gasteiger partial charge in [-0.05, 0) is 89.7 Å². The first kappa shape index (κ1) is 31.8. The Labute approximate surface area is 225 Å². The molecule has 0 spiro atoms. The molecule has 0 bridgehead atoms. The average Bonchev–Trinajstić information content (AvgIpc) is 3.70. The minimum Gasteiger partial charge on any atom is -0.372 e. The topological polar surface area (TPSA) is 28.0 Å². The third kappa shape index (κ3) is 12.6. The van der Waals surface area contributed by atoms with Gasteiger partial charge in [-0.1, -0.05) is 56.9 Å². The Bertz CT molecular complexity index is 1080. The summed E-state index contributed by atoms with van der Waals surface area (Å²) in [4.78, 5) is 11.6. The van der Waals surface area contributed by atoms with Gasteiger partial charge in [-0.3, -0.25) is 9.98 Å². The van der Waals surface area contributed by atoms with Crippen molar-refractivity contribution in [3.05, 3.63) is 82.7 Å². The second kappa shape index (κ2) is 17.3. The minimum absolute atomic E-state index is 0.277. The van der Waals surface area contributed by atoms with Crippen molar-refractivity contribution in [2.24, 2.45) is 15.9 Å². The van der Waals surface area contributed by atoms with Crippen LogP contribution in [0.3, 0.4) is 0 Å². The fourth-order valence-corrected chi connectivity index (χ4v) is 3.57. The number of allylic oxidation sites excluding steroid dienone is 11. The van der Waals surface area contributed by atoms with Crippen LogP contribution in [0, 0.1) is 18.3 Å². The number of nitrogens with zero attached hydrogens (tertiary/aromatic N) is 3. The fraction of sp³-hybridized carbons (Fsp3) is 0.455. The first-order chi connectivity index (χ1) is 17.7. The summed E-state index contributed by atoms with van der Waals surface area (Å²) >= 11 is 0. The summed E-state index contributed by atoms with van der Waals surface area (Å²) in [6.07, 6.45) is 25.1. The molecule has 4 heteroatoms. The molecule has 0 aromatic rings. The first-order valence-corrected chi connectivity index (χ1v) is 13.5. The van der Waals surface area contributed by atoms with Gasteiger partial charge < -0.3 is 4.90 Å². The summed E-state index contributed by atoms with van der Waals surface area (Å²) < 4.78 is 15.0. The van der Waals surface area contributed by atoms with Crippen molar-refractivity contribution in [2.75, 3.05) is 13.1 Å². The molecule has 0 aromatic heterocycles. The molecule has 0 aromatic carbocycles. The van der Waals surface area contributed by atoms with Gasteiger partial charge in [0.25, 0.3) is 0 Å². The van der Waals surface area contributed by atoms with Crippen molar-refractivity contribution < 1.29 is 4.39 Å². The Morgan fingerprint density at radius 3 is 2.35 bits per heavy atom. The van der Waals surface area contributed by atoms with Crippen molar-refractivity contribution in [1.82, 2.24) is 4.90 Å². The van der Waals surface area contributed by atoms with Gasteiger partial charge in [-0.15, -0.1) is 6.42 Å². The van der Waals surface area contributed by atoms with E-state index in [1.807, 2.05) is 32.1 Å². The lowest BCUT2D eigenvalue weighted by Crippen LogP contribution is -2.28. The summed E-state index contributed by atoms with van der Waals surface area (Å²) in [5, 5.41) is 0. The summed E-state index contributed by atoms with van der Waals surface area (Å²) in [5.41, 5.74) is 5.71. The van der Waals surface area contributed by atoms with Gasteiger partial charge in [0.1, 0.15) is 5.83 Å². The molecule has 1 aliphatic carbocycles. The summed E-state index contributed by atoms with van der Waals surface area (Å²) in [5.74, 6) is 2.63. The van der Waals surface area contributed by atoms with E-state index in [1.165, 1.54) is 23.4 Å². The lowest BCUT2D eigenvalue weighted by atomic mass is 10.1. The van der Waals surface area contributed by atoms with Crippen molar-refractivity contribution >= 4 is 11.4 Å². The molecule has 0 N–H and O–H groups in total. The Hall–Kier alpha value is -3.19. The molecule has 1 rings (SSSR count). The molecule has 3 nitrogen and oxygen atoms in total. The van der Waals surface area contributed by atoms with Crippen LogP contribution < -0.4 is 0 Å². The highest BCUT2D eigenvalue weighted by molar-refractivity contribution is 5.97. The minimum atomic E-state index is -0.414. The zero-order valence-electron chi connectivity index (χ0n) is 24.2. The predicted molar refractivity (Wildman–Crippen MR) is 161 cm³/mol. The highest BCUT2D eigenvalue weighted by Gasteiger charge is 2.12. The number of hydrogen-bond acceptors (Lipinski definition) is 3. The van der Waals surface area contributed by atoms with Gasteiger partial charge in [-0.25, -0.2) is 4.39 Å². The van der Waals surface area contributed by atoms with Crippen LogP contribution in [0.25, 0.3) is 0 Å². The number of terminal acetylenes is 1. The van der Waals surface area contributed by atoms with Crippen LogP contribution in [-0.2, 0) is 0 Å². The largest absolute Gasteiger partial charge is 0.372 e. The number of rotatable bonds is 14. The molecule has 1 fully saturated rings. The maximum atomic E-state index is 15.0. The molecule has 1 saturated carbocycles. The number of halogens is 1. The standard InChI is InChI=1S/C33H46FN3/c1-10-15-26(7)35-28(9)32(34)23-30(13-4)33(21-19-29-17-18-29)36-27(8)16-20-31(14-5)37(22-11-2)24-25(6)12-3/h1,13-16,19-21,23,25H,11-12,17-18,22,24H2,2-9H3/b20-16-,26-15-,30-13+,31-14+,32-23+,33-21-,35-28-,36-27-/t25-/m0/s1. The van der Waals surface area contributed by atoms with E-state index in [0.717, 1.165) is 50.2 Å². The zero-order chi connectivity index (χ0) is 27.8. The maximum absolute atomic E-state index is 15.0. The van der Waals surface area contributed by atoms with E-state index in [4.69, 9.17) is 11.4 Å². The molecule has 200 valence electrons. The quantitative estimate of drug-likeness (QED) is 0.132. The van der Waals surface area contributed by atoms with E-state index >= 15 is 4.39 Å². The highest BCUT2D eigenvalue weighted by Crippen LogP contribution is 2.28. The molecular formula is C33H46FN3. The van der Waals surface area contributed by atoms with Crippen LogP contribution in [-0.4, -0.2) is 29.4 Å². The van der Waals surface area contributed by atoms with Crippen LogP contribution >= 0.6 is 0 Å². The van der Waals surface area contributed by atoms with Crippen LogP contribution in [0.1, 0.15) is 81.1 Å². The van der Waals surface area contributed by atoms with Crippen molar-refractivity contribution in [3.8, 4) is 12.3 Å². The Morgan fingerprint density at radius 2 is 1.81 bits per heavy atom. The van der Waals surface area contributed by atoms with Gasteiger partial charge in [0, 0.05) is 36.3 Å². The molecule has 37 heavy (non-hydrogen) atoms. The molecular weight excluding hydrogens is 457 g/mol. The normalized spacial score (nSPS) is 17.3. The van der Waals surface area contributed by atoms with E-state index < -0.39 is 5.83 Å². The maximum Gasteiger partial charge on any atom is 0.145 e. The molecule has 0 aliphatic heterocycles. The lowest BCUT2D eigenvalue weighted by Gasteiger charge is -2.28. The van der Waals surface area contributed by atoms with E-state index in [0.29, 0.717) is 17.2 Å². The summed E-state index contributed by atoms with van der Waals surface area (Å²) in [6, 6.07) is 0. The van der Waals surface area contributed by atoms with Crippen LogP contribution in [0.5, 0.6) is 0 Å². The molecule has 0 radical (unpaired) electrons.